The Morgan fingerprint density at radius 3 is 2.35 bits per heavy atom. The molecule has 3 aliphatic carbocycles. The number of carbonyl (C=O) groups is 1. The maximum absolute atomic E-state index is 13.1. The highest BCUT2D eigenvalue weighted by atomic mass is 16.1. The van der Waals surface area contributed by atoms with Crippen LogP contribution in [-0.2, 0) is 18.3 Å². The molecule has 0 bridgehead atoms. The van der Waals surface area contributed by atoms with E-state index in [2.05, 4.69) is 92.9 Å². The average molecular weight is 646 g/mol. The van der Waals surface area contributed by atoms with Gasteiger partial charge in [0.25, 0.3) is 5.91 Å². The number of nitriles is 1. The average Bonchev–Trinajstić information content (AvgIpc) is 3.45. The minimum atomic E-state index is -0.741. The number of tetrazole rings is 1. The molecule has 1 amide bonds. The summed E-state index contributed by atoms with van der Waals surface area (Å²) in [5, 5.41) is 36.7. The second kappa shape index (κ2) is 12.8. The van der Waals surface area contributed by atoms with Crippen LogP contribution in [0.5, 0.6) is 0 Å². The van der Waals surface area contributed by atoms with Gasteiger partial charge in [0.05, 0.1) is 11.5 Å². The van der Waals surface area contributed by atoms with E-state index in [-0.39, 0.29) is 17.5 Å². The molecule has 48 heavy (non-hydrogen) atoms. The third kappa shape index (κ3) is 5.58. The van der Waals surface area contributed by atoms with Crippen LogP contribution in [0.25, 0.3) is 5.70 Å². The number of carbonyl (C=O) groups excluding carboxylic acids is 1. The second-order valence-corrected chi connectivity index (χ2v) is 14.2. The summed E-state index contributed by atoms with van der Waals surface area (Å²) in [7, 11) is 0. The molecule has 4 aliphatic rings. The molecule has 1 saturated heterocycles. The van der Waals surface area contributed by atoms with Crippen LogP contribution in [0, 0.1) is 17.2 Å². The van der Waals surface area contributed by atoms with Gasteiger partial charge in [-0.25, -0.2) is 0 Å². The quantitative estimate of drug-likeness (QED) is 0.222. The van der Waals surface area contributed by atoms with Crippen molar-refractivity contribution >= 4 is 11.6 Å². The molecular weight excluding hydrogens is 598 g/mol. The zero-order valence-electron chi connectivity index (χ0n) is 28.2. The number of hydrogen-bond acceptors (Lipinski definition) is 8. The summed E-state index contributed by atoms with van der Waals surface area (Å²) < 4.78 is 0. The highest BCUT2D eigenvalue weighted by Crippen LogP contribution is 2.52. The lowest BCUT2D eigenvalue weighted by atomic mass is 9.64. The van der Waals surface area contributed by atoms with E-state index in [1.807, 2.05) is 13.0 Å². The van der Waals surface area contributed by atoms with Gasteiger partial charge in [0.2, 0.25) is 0 Å². The van der Waals surface area contributed by atoms with Gasteiger partial charge in [-0.2, -0.15) is 10.5 Å². The predicted octanol–water partition coefficient (Wildman–Crippen LogP) is 4.76. The first kappa shape index (κ1) is 32.1. The molecule has 1 aliphatic heterocycles. The molecule has 2 unspecified atom stereocenters. The summed E-state index contributed by atoms with van der Waals surface area (Å²) >= 11 is 0. The molecule has 4 N–H and O–H groups in total. The third-order valence-corrected chi connectivity index (χ3v) is 11.3. The first-order chi connectivity index (χ1) is 23.3. The van der Waals surface area contributed by atoms with Gasteiger partial charge in [0.15, 0.2) is 5.82 Å². The number of nitrogens with one attached hydrogen (secondary N) is 4. The molecule has 0 radical (unpaired) electrons. The number of benzene rings is 2. The van der Waals surface area contributed by atoms with E-state index in [0.717, 1.165) is 86.0 Å². The largest absolute Gasteiger partial charge is 0.385 e. The smallest absolute Gasteiger partial charge is 0.251 e. The van der Waals surface area contributed by atoms with E-state index >= 15 is 0 Å². The fraction of sp³-hybridized carbons (Fsp3) is 0.500. The normalized spacial score (nSPS) is 24.9. The zero-order chi connectivity index (χ0) is 33.5. The van der Waals surface area contributed by atoms with Crippen molar-refractivity contribution in [1.82, 2.24) is 41.5 Å². The van der Waals surface area contributed by atoms with Crippen LogP contribution in [-0.4, -0.2) is 68.7 Å². The van der Waals surface area contributed by atoms with Crippen LogP contribution in [0.3, 0.4) is 0 Å². The van der Waals surface area contributed by atoms with Crippen molar-refractivity contribution in [3.8, 4) is 6.07 Å². The number of hydrogen-bond donors (Lipinski definition) is 4. The van der Waals surface area contributed by atoms with E-state index in [0.29, 0.717) is 42.9 Å². The molecule has 0 spiro atoms. The minimum absolute atomic E-state index is 0.0700. The molecule has 3 fully saturated rings. The van der Waals surface area contributed by atoms with Crippen molar-refractivity contribution in [1.29, 1.82) is 5.26 Å². The lowest BCUT2D eigenvalue weighted by Crippen LogP contribution is -2.51. The number of aromatic nitrogens is 4. The number of likely N-dealkylation sites (tertiary alicyclic amines) is 1. The molecule has 1 aromatic heterocycles. The number of H-pyrrole nitrogens is 1. The minimum Gasteiger partial charge on any atom is -0.385 e. The van der Waals surface area contributed by atoms with Crippen molar-refractivity contribution in [3.63, 3.8) is 0 Å². The van der Waals surface area contributed by atoms with Crippen LogP contribution in [0.15, 0.2) is 55.3 Å². The summed E-state index contributed by atoms with van der Waals surface area (Å²) in [6.45, 7) is 14.8. The molecule has 10 heteroatoms. The Morgan fingerprint density at radius 2 is 1.71 bits per heavy atom. The summed E-state index contributed by atoms with van der Waals surface area (Å²) in [4.78, 5) is 15.3. The van der Waals surface area contributed by atoms with E-state index in [1.54, 1.807) is 0 Å². The standard InChI is InChI=1S/C38H47N9O/c1-5-40-25(4)26-11-13-32-27(17-26)9-10-28-18-29(35(48)41-6-2)12-14-33(28)38(32,36-43-45-46-44-36)23-37(15-7-8-16-37)42-22-24(3)47-31(21-39)19-30-20-34(30)47/h11-14,17-18,30-31,34,40,42H,3-10,15-16,19-20,22-23H2,1-2H3,(H,41,48)(H,43,44,45,46)/t30-,31?,34+,38?/m1/s1. The molecule has 4 atom stereocenters. The molecule has 2 aromatic carbocycles. The Kier molecular flexibility index (Phi) is 8.58. The molecule has 2 saturated carbocycles. The van der Waals surface area contributed by atoms with Crippen molar-refractivity contribution < 1.29 is 4.79 Å². The number of aromatic amines is 1. The van der Waals surface area contributed by atoms with Gasteiger partial charge in [-0.1, -0.05) is 49.4 Å². The Labute approximate surface area is 283 Å². The SMILES string of the molecule is C=C(NCC)c1ccc2c(c1)CCc1cc(C(=O)NCC)ccc1C2(CC1(NCC(=C)N2C(C#N)C[C@@H]3C[C@@H]32)CCCC1)c1nn[nH]n1. The molecule has 2 heterocycles. The third-order valence-electron chi connectivity index (χ3n) is 11.3. The lowest BCUT2D eigenvalue weighted by Gasteiger charge is -2.43. The Bertz CT molecular complexity index is 1680. The van der Waals surface area contributed by atoms with Crippen LogP contribution >= 0.6 is 0 Å². The molecular formula is C38H47N9O. The molecule has 7 rings (SSSR count). The van der Waals surface area contributed by atoms with Crippen LogP contribution < -0.4 is 16.0 Å². The monoisotopic (exact) mass is 645 g/mol. The van der Waals surface area contributed by atoms with Gasteiger partial charge >= 0.3 is 0 Å². The fourth-order valence-electron chi connectivity index (χ4n) is 8.99. The Balaban J connectivity index is 1.34. The number of fused-ring (bicyclic) bond motifs is 3. The van der Waals surface area contributed by atoms with Gasteiger partial charge in [0.1, 0.15) is 6.04 Å². The number of rotatable bonds is 12. The van der Waals surface area contributed by atoms with Crippen molar-refractivity contribution in [3.05, 3.63) is 94.5 Å². The fourth-order valence-corrected chi connectivity index (χ4v) is 8.99. The summed E-state index contributed by atoms with van der Waals surface area (Å²) in [6.07, 6.45) is 8.65. The van der Waals surface area contributed by atoms with Crippen LogP contribution in [0.4, 0.5) is 0 Å². The topological polar surface area (TPSA) is 135 Å². The summed E-state index contributed by atoms with van der Waals surface area (Å²) in [5.41, 5.74) is 7.27. The highest BCUT2D eigenvalue weighted by molar-refractivity contribution is 5.94. The maximum Gasteiger partial charge on any atom is 0.251 e. The van der Waals surface area contributed by atoms with Gasteiger partial charge in [-0.05, 0) is 111 Å². The van der Waals surface area contributed by atoms with Crippen molar-refractivity contribution in [2.75, 3.05) is 19.6 Å². The van der Waals surface area contributed by atoms with Crippen molar-refractivity contribution in [2.24, 2.45) is 5.92 Å². The van der Waals surface area contributed by atoms with Crippen LogP contribution in [0.2, 0.25) is 0 Å². The maximum atomic E-state index is 13.1. The van der Waals surface area contributed by atoms with E-state index in [4.69, 9.17) is 5.10 Å². The molecule has 10 nitrogen and oxygen atoms in total. The molecule has 250 valence electrons. The van der Waals surface area contributed by atoms with E-state index < -0.39 is 5.41 Å². The predicted molar refractivity (Wildman–Crippen MR) is 186 cm³/mol. The second-order valence-electron chi connectivity index (χ2n) is 14.2. The number of piperidine rings is 1. The Morgan fingerprint density at radius 1 is 1.02 bits per heavy atom. The number of aryl methyl sites for hydroxylation is 2. The summed E-state index contributed by atoms with van der Waals surface area (Å²) in [5.74, 6) is 1.19. The first-order valence-electron chi connectivity index (χ1n) is 17.7. The lowest BCUT2D eigenvalue weighted by molar-refractivity contribution is 0.0955. The van der Waals surface area contributed by atoms with Gasteiger partial charge in [-0.15, -0.1) is 10.2 Å². The van der Waals surface area contributed by atoms with Crippen molar-refractivity contribution in [2.45, 2.75) is 94.7 Å². The van der Waals surface area contributed by atoms with E-state index in [1.165, 1.54) is 11.1 Å². The Hall–Kier alpha value is -4.49. The molecule has 3 aromatic rings. The van der Waals surface area contributed by atoms with Crippen LogP contribution in [0.1, 0.15) is 103 Å². The number of amides is 1. The highest BCUT2D eigenvalue weighted by Gasteiger charge is 2.54. The van der Waals surface area contributed by atoms with Gasteiger partial charge in [-0.3, -0.25) is 4.79 Å². The number of nitrogens with zero attached hydrogens (tertiary/aromatic N) is 5. The van der Waals surface area contributed by atoms with Gasteiger partial charge < -0.3 is 20.9 Å². The zero-order valence-corrected chi connectivity index (χ0v) is 28.2. The van der Waals surface area contributed by atoms with Gasteiger partial charge in [0, 0.05) is 48.2 Å². The van der Waals surface area contributed by atoms with E-state index in [9.17, 15) is 10.1 Å². The summed E-state index contributed by atoms with van der Waals surface area (Å²) in [6, 6.07) is 15.7. The first-order valence-corrected chi connectivity index (χ1v) is 17.7.